The lowest BCUT2D eigenvalue weighted by Gasteiger charge is -2.14. The summed E-state index contributed by atoms with van der Waals surface area (Å²) in [5, 5.41) is 2.84. The van der Waals surface area contributed by atoms with Gasteiger partial charge in [0.1, 0.15) is 5.82 Å². The molecule has 0 saturated heterocycles. The monoisotopic (exact) mass is 329 g/mol. The van der Waals surface area contributed by atoms with Gasteiger partial charge >= 0.3 is 0 Å². The van der Waals surface area contributed by atoms with Crippen LogP contribution in [0.25, 0.3) is 0 Å². The van der Waals surface area contributed by atoms with E-state index in [1.807, 2.05) is 49.3 Å². The number of rotatable bonds is 7. The number of benzene rings is 2. The van der Waals surface area contributed by atoms with Gasteiger partial charge in [-0.2, -0.15) is 0 Å². The zero-order valence-electron chi connectivity index (χ0n) is 14.1. The first-order valence-electron chi connectivity index (χ1n) is 7.95. The Balaban J connectivity index is 1.89. The van der Waals surface area contributed by atoms with Crippen molar-refractivity contribution in [2.24, 2.45) is 5.73 Å². The van der Waals surface area contributed by atoms with Crippen LogP contribution in [0.15, 0.2) is 48.5 Å². The molecule has 2 aromatic rings. The van der Waals surface area contributed by atoms with Gasteiger partial charge in [0.15, 0.2) is 0 Å². The summed E-state index contributed by atoms with van der Waals surface area (Å²) in [6.07, 6.45) is 0.218. The van der Waals surface area contributed by atoms with E-state index in [9.17, 15) is 9.18 Å². The van der Waals surface area contributed by atoms with Gasteiger partial charge in [-0.1, -0.05) is 36.4 Å². The molecule has 4 nitrogen and oxygen atoms in total. The quantitative estimate of drug-likeness (QED) is 0.821. The Morgan fingerprint density at radius 1 is 1.21 bits per heavy atom. The Morgan fingerprint density at radius 2 is 1.92 bits per heavy atom. The molecule has 0 bridgehead atoms. The molecule has 0 heterocycles. The molecule has 0 aromatic heterocycles. The molecular weight excluding hydrogens is 305 g/mol. The number of carbonyl (C=O) groups is 1. The van der Waals surface area contributed by atoms with Crippen LogP contribution < -0.4 is 11.1 Å². The highest BCUT2D eigenvalue weighted by Crippen LogP contribution is 2.14. The van der Waals surface area contributed by atoms with Crippen molar-refractivity contribution in [2.45, 2.75) is 25.6 Å². The molecule has 0 aliphatic heterocycles. The van der Waals surface area contributed by atoms with Gasteiger partial charge in [-0.05, 0) is 37.4 Å². The van der Waals surface area contributed by atoms with Crippen LogP contribution in [0.2, 0.25) is 0 Å². The highest BCUT2D eigenvalue weighted by molar-refractivity contribution is 5.76. The lowest BCUT2D eigenvalue weighted by Crippen LogP contribution is -2.27. The van der Waals surface area contributed by atoms with Crippen LogP contribution in [0.5, 0.6) is 0 Å². The number of nitrogens with zero attached hydrogens (tertiary/aromatic N) is 1. The second-order valence-electron chi connectivity index (χ2n) is 6.16. The van der Waals surface area contributed by atoms with Crippen molar-refractivity contribution in [3.8, 4) is 0 Å². The predicted octanol–water partition coefficient (Wildman–Crippen LogP) is 2.59. The molecule has 2 aromatic carbocycles. The van der Waals surface area contributed by atoms with Crippen LogP contribution in [0.1, 0.15) is 29.2 Å². The number of hydrogen-bond acceptors (Lipinski definition) is 3. The summed E-state index contributed by atoms with van der Waals surface area (Å²) in [5.41, 5.74) is 8.47. The molecule has 0 radical (unpaired) electrons. The van der Waals surface area contributed by atoms with Crippen LogP contribution in [-0.2, 0) is 17.9 Å². The molecule has 0 saturated carbocycles. The number of hydrogen-bond donors (Lipinski definition) is 2. The van der Waals surface area contributed by atoms with Crippen molar-refractivity contribution < 1.29 is 9.18 Å². The topological polar surface area (TPSA) is 58.4 Å². The third-order valence-corrected chi connectivity index (χ3v) is 3.72. The SMILES string of the molecule is CN(C)Cc1cc(CNC(=O)CC(N)c2ccccc2)ccc1F. The van der Waals surface area contributed by atoms with E-state index in [1.165, 1.54) is 6.07 Å². The fourth-order valence-corrected chi connectivity index (χ4v) is 2.49. The molecular formula is C19H24FN3O. The van der Waals surface area contributed by atoms with E-state index in [0.29, 0.717) is 18.7 Å². The molecule has 0 spiro atoms. The number of halogens is 1. The number of nitrogens with two attached hydrogens (primary N) is 1. The Kier molecular flexibility index (Phi) is 6.46. The zero-order valence-corrected chi connectivity index (χ0v) is 14.1. The van der Waals surface area contributed by atoms with Crippen molar-refractivity contribution in [3.63, 3.8) is 0 Å². The maximum atomic E-state index is 13.8. The van der Waals surface area contributed by atoms with Crippen LogP contribution >= 0.6 is 0 Å². The summed E-state index contributed by atoms with van der Waals surface area (Å²) in [6.45, 7) is 0.882. The highest BCUT2D eigenvalue weighted by atomic mass is 19.1. The Bertz CT molecular complexity index is 674. The molecule has 0 aliphatic rings. The van der Waals surface area contributed by atoms with E-state index in [0.717, 1.165) is 11.1 Å². The van der Waals surface area contributed by atoms with Crippen molar-refractivity contribution in [1.82, 2.24) is 10.2 Å². The minimum atomic E-state index is -0.330. The predicted molar refractivity (Wildman–Crippen MR) is 93.6 cm³/mol. The zero-order chi connectivity index (χ0) is 17.5. The van der Waals surface area contributed by atoms with Gasteiger partial charge in [-0.3, -0.25) is 4.79 Å². The molecule has 128 valence electrons. The van der Waals surface area contributed by atoms with Gasteiger partial charge in [-0.25, -0.2) is 4.39 Å². The maximum absolute atomic E-state index is 13.8. The van der Waals surface area contributed by atoms with Crippen LogP contribution in [0, 0.1) is 5.82 Å². The van der Waals surface area contributed by atoms with E-state index in [-0.39, 0.29) is 24.2 Å². The van der Waals surface area contributed by atoms with Crippen molar-refractivity contribution in [2.75, 3.05) is 14.1 Å². The van der Waals surface area contributed by atoms with Crippen LogP contribution in [-0.4, -0.2) is 24.9 Å². The standard InChI is InChI=1S/C19H24FN3O/c1-23(2)13-16-10-14(8-9-17(16)20)12-22-19(24)11-18(21)15-6-4-3-5-7-15/h3-10,18H,11-13,21H2,1-2H3,(H,22,24). The Labute approximate surface area is 142 Å². The molecule has 0 fully saturated rings. The fourth-order valence-electron chi connectivity index (χ4n) is 2.49. The molecule has 2 rings (SSSR count). The average molecular weight is 329 g/mol. The second-order valence-corrected chi connectivity index (χ2v) is 6.16. The van der Waals surface area contributed by atoms with Gasteiger partial charge in [-0.15, -0.1) is 0 Å². The van der Waals surface area contributed by atoms with Crippen molar-refractivity contribution >= 4 is 5.91 Å². The molecule has 24 heavy (non-hydrogen) atoms. The minimum Gasteiger partial charge on any atom is -0.352 e. The molecule has 3 N–H and O–H groups in total. The normalized spacial score (nSPS) is 12.2. The van der Waals surface area contributed by atoms with Gasteiger partial charge in [0.05, 0.1) is 0 Å². The average Bonchev–Trinajstić information content (AvgIpc) is 2.56. The van der Waals surface area contributed by atoms with Crippen molar-refractivity contribution in [3.05, 3.63) is 71.0 Å². The summed E-state index contributed by atoms with van der Waals surface area (Å²) >= 11 is 0. The van der Waals surface area contributed by atoms with Crippen molar-refractivity contribution in [1.29, 1.82) is 0 Å². The largest absolute Gasteiger partial charge is 0.352 e. The highest BCUT2D eigenvalue weighted by Gasteiger charge is 2.11. The van der Waals surface area contributed by atoms with Crippen LogP contribution in [0.3, 0.4) is 0 Å². The molecule has 1 unspecified atom stereocenters. The van der Waals surface area contributed by atoms with E-state index in [1.54, 1.807) is 12.1 Å². The lowest BCUT2D eigenvalue weighted by molar-refractivity contribution is -0.121. The lowest BCUT2D eigenvalue weighted by atomic mass is 10.0. The van der Waals surface area contributed by atoms with E-state index < -0.39 is 0 Å². The molecule has 1 amide bonds. The van der Waals surface area contributed by atoms with Gasteiger partial charge in [0, 0.05) is 31.1 Å². The second kappa shape index (κ2) is 8.57. The van der Waals surface area contributed by atoms with E-state index >= 15 is 0 Å². The summed E-state index contributed by atoms with van der Waals surface area (Å²) in [4.78, 5) is 14.0. The fraction of sp³-hybridized carbons (Fsp3) is 0.316. The number of nitrogens with one attached hydrogen (secondary N) is 1. The van der Waals surface area contributed by atoms with Crippen LogP contribution in [0.4, 0.5) is 4.39 Å². The summed E-state index contributed by atoms with van der Waals surface area (Å²) in [5.74, 6) is -0.352. The molecule has 1 atom stereocenters. The summed E-state index contributed by atoms with van der Waals surface area (Å²) in [6, 6.07) is 14.1. The summed E-state index contributed by atoms with van der Waals surface area (Å²) < 4.78 is 13.8. The van der Waals surface area contributed by atoms with Gasteiger partial charge in [0.25, 0.3) is 0 Å². The smallest absolute Gasteiger partial charge is 0.222 e. The Morgan fingerprint density at radius 3 is 2.58 bits per heavy atom. The van der Waals surface area contributed by atoms with E-state index in [2.05, 4.69) is 5.32 Å². The van der Waals surface area contributed by atoms with Gasteiger partial charge < -0.3 is 16.0 Å². The minimum absolute atomic E-state index is 0.121. The molecule has 0 aliphatic carbocycles. The Hall–Kier alpha value is -2.24. The first-order valence-corrected chi connectivity index (χ1v) is 7.95. The number of carbonyl (C=O) groups excluding carboxylic acids is 1. The van der Waals surface area contributed by atoms with E-state index in [4.69, 9.17) is 5.73 Å². The maximum Gasteiger partial charge on any atom is 0.222 e. The first-order chi connectivity index (χ1) is 11.5. The third-order valence-electron chi connectivity index (χ3n) is 3.72. The number of amides is 1. The first kappa shape index (κ1) is 18.1. The molecule has 5 heteroatoms. The third kappa shape index (κ3) is 5.44. The van der Waals surface area contributed by atoms with Gasteiger partial charge in [0.2, 0.25) is 5.91 Å². The summed E-state index contributed by atoms with van der Waals surface area (Å²) in [7, 11) is 3.78.